The largest absolute Gasteiger partial charge is 0.379 e. The fourth-order valence-corrected chi connectivity index (χ4v) is 3.51. The number of amides is 1. The normalized spacial score (nSPS) is 20.8. The molecule has 0 aliphatic carbocycles. The topological polar surface area (TPSA) is 66.7 Å². The van der Waals surface area contributed by atoms with Crippen LogP contribution in [0.15, 0.2) is 0 Å². The minimum absolute atomic E-state index is 0.171. The van der Waals surface area contributed by atoms with E-state index in [1.54, 1.807) is 4.90 Å². The van der Waals surface area contributed by atoms with Gasteiger partial charge in [-0.2, -0.15) is 0 Å². The fraction of sp³-hybridized carbons (Fsp3) is 0.824. The van der Waals surface area contributed by atoms with Crippen LogP contribution in [0.25, 0.3) is 0 Å². The lowest BCUT2D eigenvalue weighted by Crippen LogP contribution is -2.41. The highest BCUT2D eigenvalue weighted by molar-refractivity contribution is 5.77. The van der Waals surface area contributed by atoms with Gasteiger partial charge in [0.25, 0.3) is 0 Å². The van der Waals surface area contributed by atoms with E-state index in [2.05, 4.69) is 31.6 Å². The van der Waals surface area contributed by atoms with Crippen molar-refractivity contribution in [3.8, 4) is 0 Å². The molecular weight excluding hydrogens is 320 g/mol. The van der Waals surface area contributed by atoms with Gasteiger partial charge in [0.1, 0.15) is 11.6 Å². The summed E-state index contributed by atoms with van der Waals surface area (Å²) >= 11 is 0. The van der Waals surface area contributed by atoms with Crippen molar-refractivity contribution in [2.24, 2.45) is 7.05 Å². The molecule has 0 unspecified atom stereocenters. The Hall–Kier alpha value is -1.51. The lowest BCUT2D eigenvalue weighted by Gasteiger charge is -2.31. The highest BCUT2D eigenvalue weighted by Crippen LogP contribution is 2.27. The van der Waals surface area contributed by atoms with Crippen molar-refractivity contribution >= 4 is 5.91 Å². The van der Waals surface area contributed by atoms with Crippen LogP contribution in [0.2, 0.25) is 0 Å². The monoisotopic (exact) mass is 350 g/mol. The maximum atomic E-state index is 11.9. The molecule has 0 bridgehead atoms. The molecule has 3 rings (SSSR count). The molecule has 1 aromatic rings. The number of likely N-dealkylation sites (tertiary alicyclic amines) is 1. The Kier molecular flexibility index (Phi) is 6.03. The second kappa shape index (κ2) is 8.25. The zero-order valence-electron chi connectivity index (χ0n) is 15.6. The maximum Gasteiger partial charge on any atom is 0.236 e. The number of ether oxygens (including phenoxy) is 1. The summed E-state index contributed by atoms with van der Waals surface area (Å²) in [7, 11) is 5.70. The molecule has 8 heteroatoms. The van der Waals surface area contributed by atoms with E-state index in [-0.39, 0.29) is 5.91 Å². The van der Waals surface area contributed by atoms with Gasteiger partial charge in [0, 0.05) is 40.2 Å². The second-order valence-electron chi connectivity index (χ2n) is 7.26. The number of hydrogen-bond acceptors (Lipinski definition) is 6. The third-order valence-electron chi connectivity index (χ3n) is 5.28. The molecule has 0 aromatic carbocycles. The van der Waals surface area contributed by atoms with Gasteiger partial charge in [0.05, 0.1) is 26.3 Å². The number of carbonyl (C=O) groups excluding carboxylic acids is 1. The predicted octanol–water partition coefficient (Wildman–Crippen LogP) is -0.0851. The average Bonchev–Trinajstić information content (AvgIpc) is 2.97. The molecule has 25 heavy (non-hydrogen) atoms. The highest BCUT2D eigenvalue weighted by Gasteiger charge is 2.26. The Labute approximate surface area is 149 Å². The molecule has 3 heterocycles. The summed E-state index contributed by atoms with van der Waals surface area (Å²) in [5.41, 5.74) is 0. The van der Waals surface area contributed by atoms with Crippen LogP contribution in [0.5, 0.6) is 0 Å². The van der Waals surface area contributed by atoms with Crippen LogP contribution in [0, 0.1) is 0 Å². The molecule has 2 saturated heterocycles. The highest BCUT2D eigenvalue weighted by atomic mass is 16.5. The Bertz CT molecular complexity index is 574. The quantitative estimate of drug-likeness (QED) is 0.740. The van der Waals surface area contributed by atoms with E-state index < -0.39 is 0 Å². The van der Waals surface area contributed by atoms with Crippen LogP contribution < -0.4 is 0 Å². The van der Waals surface area contributed by atoms with Gasteiger partial charge in [-0.05, 0) is 25.9 Å². The van der Waals surface area contributed by atoms with E-state index in [0.717, 1.165) is 70.4 Å². The Morgan fingerprint density at radius 1 is 1.12 bits per heavy atom. The number of hydrogen-bond donors (Lipinski definition) is 0. The second-order valence-corrected chi connectivity index (χ2v) is 7.26. The third-order valence-corrected chi connectivity index (χ3v) is 5.28. The lowest BCUT2D eigenvalue weighted by atomic mass is 9.96. The fourth-order valence-electron chi connectivity index (χ4n) is 3.51. The summed E-state index contributed by atoms with van der Waals surface area (Å²) in [6.07, 6.45) is 2.06. The molecule has 0 atom stereocenters. The van der Waals surface area contributed by atoms with Crippen molar-refractivity contribution in [3.63, 3.8) is 0 Å². The number of likely N-dealkylation sites (N-methyl/N-ethyl adjacent to an activating group) is 1. The average molecular weight is 350 g/mol. The predicted molar refractivity (Wildman–Crippen MR) is 94.2 cm³/mol. The van der Waals surface area contributed by atoms with Crippen LogP contribution in [0.1, 0.15) is 30.4 Å². The van der Waals surface area contributed by atoms with Crippen molar-refractivity contribution < 1.29 is 9.53 Å². The van der Waals surface area contributed by atoms with Gasteiger partial charge in [-0.1, -0.05) is 0 Å². The Balaban J connectivity index is 1.54. The summed E-state index contributed by atoms with van der Waals surface area (Å²) in [4.78, 5) is 18.1. The Morgan fingerprint density at radius 3 is 2.44 bits per heavy atom. The third kappa shape index (κ3) is 4.56. The minimum atomic E-state index is 0.171. The molecule has 1 aromatic heterocycles. The van der Waals surface area contributed by atoms with Gasteiger partial charge in [0.15, 0.2) is 0 Å². The van der Waals surface area contributed by atoms with Gasteiger partial charge in [0.2, 0.25) is 5.91 Å². The molecule has 0 N–H and O–H groups in total. The summed E-state index contributed by atoms with van der Waals surface area (Å²) < 4.78 is 7.57. The molecule has 2 aliphatic rings. The molecule has 1 amide bonds. The first-order chi connectivity index (χ1) is 12.0. The standard InChI is InChI=1S/C17H30N6O2/c1-20(2)16(24)13-22-6-4-14(5-7-22)17-19-18-15(21(17)3)12-23-8-10-25-11-9-23/h14H,4-13H2,1-3H3. The lowest BCUT2D eigenvalue weighted by molar-refractivity contribution is -0.130. The van der Waals surface area contributed by atoms with Crippen molar-refractivity contribution in [2.45, 2.75) is 25.3 Å². The molecule has 140 valence electrons. The van der Waals surface area contributed by atoms with Crippen LogP contribution in [-0.4, -0.2) is 95.4 Å². The van der Waals surface area contributed by atoms with E-state index in [1.165, 1.54) is 0 Å². The number of aromatic nitrogens is 3. The SMILES string of the molecule is CN(C)C(=O)CN1CCC(c2nnc(CN3CCOCC3)n2C)CC1. The van der Waals surface area contributed by atoms with Gasteiger partial charge in [-0.15, -0.1) is 10.2 Å². The summed E-state index contributed by atoms with van der Waals surface area (Å²) in [5.74, 6) is 2.72. The van der Waals surface area contributed by atoms with E-state index in [9.17, 15) is 4.79 Å². The molecule has 2 aliphatic heterocycles. The zero-order valence-corrected chi connectivity index (χ0v) is 15.6. The van der Waals surface area contributed by atoms with Crippen LogP contribution in [-0.2, 0) is 23.1 Å². The number of nitrogens with zero attached hydrogens (tertiary/aromatic N) is 6. The van der Waals surface area contributed by atoms with E-state index in [0.29, 0.717) is 12.5 Å². The van der Waals surface area contributed by atoms with E-state index in [1.807, 2.05) is 14.1 Å². The maximum absolute atomic E-state index is 11.9. The first-order valence-electron chi connectivity index (χ1n) is 9.15. The van der Waals surface area contributed by atoms with Gasteiger partial charge >= 0.3 is 0 Å². The number of carbonyl (C=O) groups is 1. The van der Waals surface area contributed by atoms with Crippen molar-refractivity contribution in [1.29, 1.82) is 0 Å². The molecule has 2 fully saturated rings. The molecular formula is C17H30N6O2. The molecule has 0 spiro atoms. The van der Waals surface area contributed by atoms with Crippen molar-refractivity contribution in [1.82, 2.24) is 29.5 Å². The van der Waals surface area contributed by atoms with Crippen LogP contribution in [0.4, 0.5) is 0 Å². The minimum Gasteiger partial charge on any atom is -0.379 e. The van der Waals surface area contributed by atoms with E-state index in [4.69, 9.17) is 4.74 Å². The summed E-state index contributed by atoms with van der Waals surface area (Å²) in [6, 6.07) is 0. The van der Waals surface area contributed by atoms with Crippen LogP contribution >= 0.6 is 0 Å². The molecule has 8 nitrogen and oxygen atoms in total. The molecule has 0 radical (unpaired) electrons. The van der Waals surface area contributed by atoms with Gasteiger partial charge in [-0.25, -0.2) is 0 Å². The molecule has 0 saturated carbocycles. The first kappa shape index (κ1) is 18.3. The summed E-state index contributed by atoms with van der Waals surface area (Å²) in [5, 5.41) is 8.91. The van der Waals surface area contributed by atoms with Crippen molar-refractivity contribution in [3.05, 3.63) is 11.6 Å². The summed E-state index contributed by atoms with van der Waals surface area (Å²) in [6.45, 7) is 6.75. The number of rotatable bonds is 5. The van der Waals surface area contributed by atoms with Crippen molar-refractivity contribution in [2.75, 3.05) is 60.0 Å². The Morgan fingerprint density at radius 2 is 1.80 bits per heavy atom. The first-order valence-corrected chi connectivity index (χ1v) is 9.15. The number of morpholine rings is 1. The number of piperidine rings is 1. The van der Waals surface area contributed by atoms with Crippen LogP contribution in [0.3, 0.4) is 0 Å². The van der Waals surface area contributed by atoms with Gasteiger partial charge in [-0.3, -0.25) is 14.6 Å². The zero-order chi connectivity index (χ0) is 17.8. The van der Waals surface area contributed by atoms with Gasteiger partial charge < -0.3 is 14.2 Å². The smallest absolute Gasteiger partial charge is 0.236 e. The van der Waals surface area contributed by atoms with E-state index >= 15 is 0 Å².